The molecule has 0 radical (unpaired) electrons. The van der Waals surface area contributed by atoms with E-state index in [1.54, 1.807) is 0 Å². The maximum atomic E-state index is 5.74. The van der Waals surface area contributed by atoms with E-state index >= 15 is 0 Å². The second-order valence-corrected chi connectivity index (χ2v) is 6.83. The van der Waals surface area contributed by atoms with Crippen molar-refractivity contribution in [2.75, 3.05) is 13.2 Å². The molecule has 1 aromatic rings. The lowest BCUT2D eigenvalue weighted by molar-refractivity contribution is 0.263. The fourth-order valence-electron chi connectivity index (χ4n) is 2.84. The zero-order valence-electron chi connectivity index (χ0n) is 15.3. The minimum Gasteiger partial charge on any atom is -0.491 e. The van der Waals surface area contributed by atoms with Gasteiger partial charge >= 0.3 is 0 Å². The quantitative estimate of drug-likeness (QED) is 0.234. The fourth-order valence-corrected chi connectivity index (χ4v) is 2.84. The summed E-state index contributed by atoms with van der Waals surface area (Å²) in [6.07, 6.45) is 18.1. The third kappa shape index (κ3) is 9.12. The molecule has 0 amide bonds. The van der Waals surface area contributed by atoms with Gasteiger partial charge in [-0.3, -0.25) is 0 Å². The normalized spacial score (nSPS) is 16.6. The van der Waals surface area contributed by atoms with E-state index in [0.717, 1.165) is 18.8 Å². The lowest BCUT2D eigenvalue weighted by Crippen LogP contribution is -2.04. The fraction of sp³-hybridized carbons (Fsp3) is 0.636. The van der Waals surface area contributed by atoms with E-state index in [1.807, 2.05) is 6.07 Å². The maximum Gasteiger partial charge on any atom is 0.119 e. The van der Waals surface area contributed by atoms with Crippen molar-refractivity contribution in [1.82, 2.24) is 0 Å². The maximum absolute atomic E-state index is 5.74. The summed E-state index contributed by atoms with van der Waals surface area (Å²) in [6, 6.07) is 8.51. The first-order chi connectivity index (χ1) is 11.9. The standard InChI is InChI=1S/C22H34O2/c1-2-3-4-5-6-7-8-9-10-11-12-14-20-15-13-16-21(17-20)23-18-22-19-24-22/h8-9,13,15-17,22H,2-7,10-12,14,18-19H2,1H3/b9-8+. The van der Waals surface area contributed by atoms with Crippen LogP contribution in [0.1, 0.15) is 70.3 Å². The van der Waals surface area contributed by atoms with Crippen LogP contribution in [-0.4, -0.2) is 19.3 Å². The Labute approximate surface area is 148 Å². The third-order valence-electron chi connectivity index (χ3n) is 4.46. The SMILES string of the molecule is CCCCCCC/C=C/CCCCc1cccc(OCC2CO2)c1. The number of ether oxygens (including phenoxy) is 2. The molecule has 1 fully saturated rings. The summed E-state index contributed by atoms with van der Waals surface area (Å²) >= 11 is 0. The molecule has 1 aromatic carbocycles. The van der Waals surface area contributed by atoms with Crippen molar-refractivity contribution in [2.45, 2.75) is 77.2 Å². The van der Waals surface area contributed by atoms with Gasteiger partial charge in [0.1, 0.15) is 18.5 Å². The van der Waals surface area contributed by atoms with Gasteiger partial charge in [-0.15, -0.1) is 0 Å². The van der Waals surface area contributed by atoms with Gasteiger partial charge in [-0.25, -0.2) is 0 Å². The van der Waals surface area contributed by atoms with Gasteiger partial charge in [0, 0.05) is 0 Å². The van der Waals surface area contributed by atoms with E-state index in [0.29, 0.717) is 12.7 Å². The summed E-state index contributed by atoms with van der Waals surface area (Å²) in [4.78, 5) is 0. The summed E-state index contributed by atoms with van der Waals surface area (Å²) in [7, 11) is 0. The van der Waals surface area contributed by atoms with Crippen LogP contribution in [0.5, 0.6) is 5.75 Å². The average molecular weight is 331 g/mol. The molecule has 24 heavy (non-hydrogen) atoms. The van der Waals surface area contributed by atoms with E-state index in [1.165, 1.54) is 63.4 Å². The first kappa shape index (κ1) is 19.1. The molecular weight excluding hydrogens is 296 g/mol. The molecule has 0 aromatic heterocycles. The highest BCUT2D eigenvalue weighted by molar-refractivity contribution is 5.28. The average Bonchev–Trinajstić information content (AvgIpc) is 3.43. The summed E-state index contributed by atoms with van der Waals surface area (Å²) in [5, 5.41) is 0. The molecule has 0 saturated carbocycles. The van der Waals surface area contributed by atoms with Crippen LogP contribution in [0.25, 0.3) is 0 Å². The molecule has 0 aliphatic carbocycles. The van der Waals surface area contributed by atoms with E-state index in [4.69, 9.17) is 9.47 Å². The molecule has 0 spiro atoms. The van der Waals surface area contributed by atoms with E-state index in [2.05, 4.69) is 37.3 Å². The van der Waals surface area contributed by atoms with Crippen LogP contribution in [0.3, 0.4) is 0 Å². The largest absolute Gasteiger partial charge is 0.491 e. The van der Waals surface area contributed by atoms with Crippen molar-refractivity contribution in [2.24, 2.45) is 0 Å². The van der Waals surface area contributed by atoms with Crippen molar-refractivity contribution in [3.8, 4) is 5.75 Å². The van der Waals surface area contributed by atoms with Gasteiger partial charge in [0.2, 0.25) is 0 Å². The molecule has 1 unspecified atom stereocenters. The van der Waals surface area contributed by atoms with Gasteiger partial charge in [0.05, 0.1) is 6.61 Å². The highest BCUT2D eigenvalue weighted by atomic mass is 16.6. The number of hydrogen-bond acceptors (Lipinski definition) is 2. The molecule has 1 atom stereocenters. The van der Waals surface area contributed by atoms with Crippen molar-refractivity contribution < 1.29 is 9.47 Å². The number of epoxide rings is 1. The predicted molar refractivity (Wildman–Crippen MR) is 102 cm³/mol. The lowest BCUT2D eigenvalue weighted by Gasteiger charge is -2.06. The van der Waals surface area contributed by atoms with Gasteiger partial charge in [0.25, 0.3) is 0 Å². The number of benzene rings is 1. The molecule has 1 aliphatic rings. The minimum absolute atomic E-state index is 0.326. The molecular formula is C22H34O2. The van der Waals surface area contributed by atoms with Gasteiger partial charge in [-0.05, 0) is 56.2 Å². The van der Waals surface area contributed by atoms with Crippen LogP contribution in [0.4, 0.5) is 0 Å². The topological polar surface area (TPSA) is 21.8 Å². The Morgan fingerprint density at radius 2 is 1.79 bits per heavy atom. The number of allylic oxidation sites excluding steroid dienone is 2. The highest BCUT2D eigenvalue weighted by Crippen LogP contribution is 2.18. The van der Waals surface area contributed by atoms with Crippen LogP contribution >= 0.6 is 0 Å². The smallest absolute Gasteiger partial charge is 0.119 e. The van der Waals surface area contributed by atoms with Crippen LogP contribution < -0.4 is 4.74 Å². The van der Waals surface area contributed by atoms with Gasteiger partial charge in [-0.2, -0.15) is 0 Å². The third-order valence-corrected chi connectivity index (χ3v) is 4.46. The number of rotatable bonds is 14. The monoisotopic (exact) mass is 330 g/mol. The molecule has 2 rings (SSSR count). The Balaban J connectivity index is 1.48. The highest BCUT2D eigenvalue weighted by Gasteiger charge is 2.22. The first-order valence-corrected chi connectivity index (χ1v) is 9.87. The first-order valence-electron chi connectivity index (χ1n) is 9.87. The van der Waals surface area contributed by atoms with Crippen LogP contribution in [0.15, 0.2) is 36.4 Å². The van der Waals surface area contributed by atoms with Crippen molar-refractivity contribution >= 4 is 0 Å². The van der Waals surface area contributed by atoms with Gasteiger partial charge < -0.3 is 9.47 Å². The molecule has 2 heteroatoms. The molecule has 2 nitrogen and oxygen atoms in total. The molecule has 1 saturated heterocycles. The molecule has 0 N–H and O–H groups in total. The van der Waals surface area contributed by atoms with E-state index in [9.17, 15) is 0 Å². The Bertz CT molecular complexity index is 463. The van der Waals surface area contributed by atoms with Crippen molar-refractivity contribution in [1.29, 1.82) is 0 Å². The number of unbranched alkanes of at least 4 members (excludes halogenated alkanes) is 7. The second kappa shape index (κ2) is 12.1. The van der Waals surface area contributed by atoms with Crippen LogP contribution in [0.2, 0.25) is 0 Å². The molecule has 134 valence electrons. The zero-order valence-corrected chi connectivity index (χ0v) is 15.3. The molecule has 0 bridgehead atoms. The van der Waals surface area contributed by atoms with Crippen LogP contribution in [0, 0.1) is 0 Å². The molecule has 1 aliphatic heterocycles. The molecule has 1 heterocycles. The second-order valence-electron chi connectivity index (χ2n) is 6.83. The summed E-state index contributed by atoms with van der Waals surface area (Å²) in [5.74, 6) is 0.978. The van der Waals surface area contributed by atoms with Crippen LogP contribution in [-0.2, 0) is 11.2 Å². The Morgan fingerprint density at radius 1 is 1.04 bits per heavy atom. The predicted octanol–water partition coefficient (Wildman–Crippen LogP) is 6.09. The Hall–Kier alpha value is -1.28. The summed E-state index contributed by atoms with van der Waals surface area (Å²) in [5.41, 5.74) is 1.38. The van der Waals surface area contributed by atoms with E-state index in [-0.39, 0.29) is 0 Å². The van der Waals surface area contributed by atoms with Gasteiger partial charge in [0.15, 0.2) is 0 Å². The zero-order chi connectivity index (χ0) is 16.9. The summed E-state index contributed by atoms with van der Waals surface area (Å²) in [6.45, 7) is 3.81. The minimum atomic E-state index is 0.326. The van der Waals surface area contributed by atoms with E-state index < -0.39 is 0 Å². The number of aryl methyl sites for hydroxylation is 1. The Morgan fingerprint density at radius 3 is 2.54 bits per heavy atom. The van der Waals surface area contributed by atoms with Gasteiger partial charge in [-0.1, -0.05) is 56.9 Å². The summed E-state index contributed by atoms with van der Waals surface area (Å²) < 4.78 is 10.9. The Kier molecular flexibility index (Phi) is 9.63. The number of hydrogen-bond donors (Lipinski definition) is 0. The van der Waals surface area contributed by atoms with Crippen molar-refractivity contribution in [3.05, 3.63) is 42.0 Å². The lowest BCUT2D eigenvalue weighted by atomic mass is 10.1. The van der Waals surface area contributed by atoms with Crippen molar-refractivity contribution in [3.63, 3.8) is 0 Å².